The maximum absolute atomic E-state index is 11.5. The molecule has 2 saturated heterocycles. The van der Waals surface area contributed by atoms with Crippen molar-refractivity contribution in [1.29, 1.82) is 0 Å². The van der Waals surface area contributed by atoms with E-state index in [9.17, 15) is 9.90 Å². The highest BCUT2D eigenvalue weighted by molar-refractivity contribution is 6.39. The van der Waals surface area contributed by atoms with Gasteiger partial charge in [0.2, 0.25) is 17.7 Å². The number of nitrogens with one attached hydrogen (secondary N) is 2. The number of amides is 1. The van der Waals surface area contributed by atoms with Crippen molar-refractivity contribution in [2.45, 2.75) is 38.4 Å². The van der Waals surface area contributed by atoms with E-state index in [4.69, 9.17) is 47.6 Å². The Kier molecular flexibility index (Phi) is 9.23. The minimum absolute atomic E-state index is 0.0590. The fourth-order valence-corrected chi connectivity index (χ4v) is 7.61. The van der Waals surface area contributed by atoms with Crippen molar-refractivity contribution in [2.75, 3.05) is 40.5 Å². The van der Waals surface area contributed by atoms with E-state index in [-0.39, 0.29) is 24.0 Å². The van der Waals surface area contributed by atoms with Crippen molar-refractivity contribution in [1.82, 2.24) is 35.5 Å². The van der Waals surface area contributed by atoms with Crippen LogP contribution in [0.5, 0.6) is 11.8 Å². The second kappa shape index (κ2) is 13.6. The van der Waals surface area contributed by atoms with Crippen LogP contribution in [0.1, 0.15) is 30.7 Å². The molecule has 0 radical (unpaired) electrons. The number of aliphatic hydroxyl groups is 1. The van der Waals surface area contributed by atoms with Crippen LogP contribution in [0.25, 0.3) is 33.6 Å². The molecule has 4 aromatic rings. The molecule has 7 rings (SSSR count). The van der Waals surface area contributed by atoms with Crippen molar-refractivity contribution in [3.05, 3.63) is 70.2 Å². The number of aromatic nitrogens is 4. The fourth-order valence-electron chi connectivity index (χ4n) is 6.96. The number of rotatable bonds is 12. The van der Waals surface area contributed by atoms with Gasteiger partial charge in [0.15, 0.2) is 0 Å². The lowest BCUT2D eigenvalue weighted by atomic mass is 9.98. The standard InChI is InChI=1S/C35H37Cl2N7O4/c1-47-33-28(13-38-12-21-9-10-30(46)41-21)39-14-26(42-33)24-7-3-5-22(31(24)36)23-6-4-8-25(32(23)37)27-15-40-29(34(43-27)48-2)17-44-16-20-11-35(20,18-44)19-45/h3-8,14-15,20-21,38,45H,9-13,16-19H2,1-2H3,(H,41,46)/t20?,21-,35?/m0/s1. The van der Waals surface area contributed by atoms with Crippen LogP contribution in [0, 0.1) is 11.3 Å². The Morgan fingerprint density at radius 2 is 1.56 bits per heavy atom. The van der Waals surface area contributed by atoms with E-state index in [1.807, 2.05) is 36.4 Å². The zero-order valence-electron chi connectivity index (χ0n) is 26.8. The number of hydrogen-bond donors (Lipinski definition) is 3. The summed E-state index contributed by atoms with van der Waals surface area (Å²) >= 11 is 14.1. The van der Waals surface area contributed by atoms with Crippen LogP contribution >= 0.6 is 23.2 Å². The van der Waals surface area contributed by atoms with Crippen LogP contribution in [0.4, 0.5) is 0 Å². The van der Waals surface area contributed by atoms with Crippen molar-refractivity contribution in [3.63, 3.8) is 0 Å². The van der Waals surface area contributed by atoms with Gasteiger partial charge in [0.1, 0.15) is 11.4 Å². The lowest BCUT2D eigenvalue weighted by Crippen LogP contribution is -2.35. The molecule has 11 nitrogen and oxygen atoms in total. The minimum atomic E-state index is 0.0590. The summed E-state index contributed by atoms with van der Waals surface area (Å²) in [6.45, 7) is 3.72. The van der Waals surface area contributed by atoms with Crippen LogP contribution in [-0.4, -0.2) is 82.4 Å². The van der Waals surface area contributed by atoms with Gasteiger partial charge in [-0.05, 0) is 18.8 Å². The van der Waals surface area contributed by atoms with E-state index in [1.165, 1.54) is 0 Å². The normalized spacial score (nSPS) is 21.6. The number of ether oxygens (including phenoxy) is 2. The summed E-state index contributed by atoms with van der Waals surface area (Å²) in [7, 11) is 3.15. The van der Waals surface area contributed by atoms with E-state index in [0.717, 1.165) is 42.8 Å². The molecule has 1 saturated carbocycles. The van der Waals surface area contributed by atoms with Crippen molar-refractivity contribution < 1.29 is 19.4 Å². The highest BCUT2D eigenvalue weighted by atomic mass is 35.5. The van der Waals surface area contributed by atoms with Gasteiger partial charge >= 0.3 is 0 Å². The largest absolute Gasteiger partial charge is 0.480 e. The van der Waals surface area contributed by atoms with Gasteiger partial charge in [-0.15, -0.1) is 0 Å². The topological polar surface area (TPSA) is 135 Å². The smallest absolute Gasteiger partial charge is 0.237 e. The third kappa shape index (κ3) is 6.33. The summed E-state index contributed by atoms with van der Waals surface area (Å²) < 4.78 is 11.2. The third-order valence-electron chi connectivity index (χ3n) is 9.68. The van der Waals surface area contributed by atoms with Crippen LogP contribution in [0.15, 0.2) is 48.8 Å². The Hall–Kier alpha value is -3.87. The summed E-state index contributed by atoms with van der Waals surface area (Å²) in [6.07, 6.45) is 5.87. The first-order valence-electron chi connectivity index (χ1n) is 16.0. The predicted molar refractivity (Wildman–Crippen MR) is 183 cm³/mol. The van der Waals surface area contributed by atoms with Crippen LogP contribution < -0.4 is 20.1 Å². The Morgan fingerprint density at radius 3 is 2.12 bits per heavy atom. The van der Waals surface area contributed by atoms with Gasteiger partial charge in [-0.1, -0.05) is 59.6 Å². The molecule has 13 heteroatoms. The summed E-state index contributed by atoms with van der Waals surface area (Å²) in [5, 5.41) is 17.0. The molecule has 3 atom stereocenters. The number of carbonyl (C=O) groups excluding carboxylic acids is 1. The molecule has 48 heavy (non-hydrogen) atoms. The molecule has 1 aliphatic carbocycles. The van der Waals surface area contributed by atoms with Gasteiger partial charge in [0.05, 0.1) is 54.7 Å². The summed E-state index contributed by atoms with van der Waals surface area (Å²) in [5.74, 6) is 1.48. The zero-order chi connectivity index (χ0) is 33.4. The summed E-state index contributed by atoms with van der Waals surface area (Å²) in [5.41, 5.74) is 5.45. The molecule has 250 valence electrons. The van der Waals surface area contributed by atoms with Crippen LogP contribution in [0.3, 0.4) is 0 Å². The van der Waals surface area contributed by atoms with Gasteiger partial charge in [-0.25, -0.2) is 9.97 Å². The minimum Gasteiger partial charge on any atom is -0.480 e. The zero-order valence-corrected chi connectivity index (χ0v) is 28.3. The SMILES string of the molecule is COc1nc(-c2cccc(-c3cccc(-c4cnc(CN5CC6CC6(CO)C5)c(OC)n4)c3Cl)c2Cl)cnc1CNC[C@@H]1CCC(=O)N1. The van der Waals surface area contributed by atoms with Crippen molar-refractivity contribution in [3.8, 4) is 45.4 Å². The average Bonchev–Trinajstić information content (AvgIpc) is 3.40. The molecule has 0 bridgehead atoms. The fraction of sp³-hybridized carbons (Fsp3) is 0.400. The molecule has 2 aromatic carbocycles. The molecule has 3 fully saturated rings. The molecule has 4 heterocycles. The first-order chi connectivity index (χ1) is 23.3. The number of nitrogens with zero attached hydrogens (tertiary/aromatic N) is 5. The van der Waals surface area contributed by atoms with Crippen molar-refractivity contribution in [2.24, 2.45) is 11.3 Å². The maximum atomic E-state index is 11.5. The van der Waals surface area contributed by atoms with Gasteiger partial charge in [-0.2, -0.15) is 0 Å². The molecule has 0 spiro atoms. The first kappa shape index (κ1) is 32.7. The van der Waals surface area contributed by atoms with Crippen molar-refractivity contribution >= 4 is 29.1 Å². The van der Waals surface area contributed by atoms with E-state index in [0.29, 0.717) is 82.0 Å². The number of aliphatic hydroxyl groups excluding tert-OH is 1. The molecule has 3 aliphatic rings. The monoisotopic (exact) mass is 689 g/mol. The molecular formula is C35H37Cl2N7O4. The van der Waals surface area contributed by atoms with Gasteiger partial charge < -0.3 is 25.2 Å². The Bertz CT molecular complexity index is 1860. The number of fused-ring (bicyclic) bond motifs is 1. The van der Waals surface area contributed by atoms with Crippen LogP contribution in [0.2, 0.25) is 10.0 Å². The predicted octanol–water partition coefficient (Wildman–Crippen LogP) is 4.77. The highest BCUT2D eigenvalue weighted by Gasteiger charge is 2.59. The van der Waals surface area contributed by atoms with Gasteiger partial charge in [-0.3, -0.25) is 19.7 Å². The van der Waals surface area contributed by atoms with E-state index in [1.54, 1.807) is 26.6 Å². The molecule has 3 N–H and O–H groups in total. The summed E-state index contributed by atoms with van der Waals surface area (Å²) in [4.78, 5) is 32.7. The molecule has 2 aliphatic heterocycles. The molecule has 2 unspecified atom stereocenters. The number of hydrogen-bond acceptors (Lipinski definition) is 10. The first-order valence-corrected chi connectivity index (χ1v) is 16.8. The lowest BCUT2D eigenvalue weighted by Gasteiger charge is -2.20. The maximum Gasteiger partial charge on any atom is 0.237 e. The van der Waals surface area contributed by atoms with Gasteiger partial charge in [0.25, 0.3) is 0 Å². The number of carbonyl (C=O) groups is 1. The second-order valence-corrected chi connectivity index (χ2v) is 13.5. The number of benzene rings is 2. The number of methoxy groups -OCH3 is 2. The average molecular weight is 691 g/mol. The Morgan fingerprint density at radius 1 is 0.958 bits per heavy atom. The molecular weight excluding hydrogens is 653 g/mol. The van der Waals surface area contributed by atoms with Gasteiger partial charge in [0, 0.05) is 72.9 Å². The molecule has 2 aromatic heterocycles. The van der Waals surface area contributed by atoms with E-state index in [2.05, 4.69) is 20.5 Å². The quantitative estimate of drug-likeness (QED) is 0.191. The highest BCUT2D eigenvalue weighted by Crippen LogP contribution is 2.57. The lowest BCUT2D eigenvalue weighted by molar-refractivity contribution is -0.119. The van der Waals surface area contributed by atoms with E-state index < -0.39 is 0 Å². The number of piperidine rings is 1. The summed E-state index contributed by atoms with van der Waals surface area (Å²) in [6, 6.07) is 11.5. The number of halogens is 2. The molecule has 1 amide bonds. The Labute approximate surface area is 289 Å². The Balaban J connectivity index is 1.11. The second-order valence-electron chi connectivity index (χ2n) is 12.8. The third-order valence-corrected chi connectivity index (χ3v) is 10.5. The number of likely N-dealkylation sites (tertiary alicyclic amines) is 1. The van der Waals surface area contributed by atoms with Crippen LogP contribution in [-0.2, 0) is 17.9 Å². The van der Waals surface area contributed by atoms with E-state index >= 15 is 0 Å².